The number of nitrogens with zero attached hydrogens (tertiary/aromatic N) is 1. The van der Waals surface area contributed by atoms with Crippen LogP contribution < -0.4 is 5.32 Å². The zero-order valence-electron chi connectivity index (χ0n) is 10.8. The van der Waals surface area contributed by atoms with E-state index < -0.39 is 0 Å². The minimum absolute atomic E-state index is 0.136. The molecular weight excluding hydrogens is 210 g/mol. The molecule has 1 aromatic carbocycles. The van der Waals surface area contributed by atoms with Crippen LogP contribution in [0, 0.1) is 6.92 Å². The highest BCUT2D eigenvalue weighted by Crippen LogP contribution is 2.22. The number of hydrogen-bond acceptors (Lipinski definition) is 2. The standard InChI is InChI=1S/C14H19N3/c1-10-5-7-11(8-6-10)12-9-16-13(17-12)14(2,3)15-4/h5-9,15H,1-4H3,(H,16,17). The van der Waals surface area contributed by atoms with Gasteiger partial charge in [-0.1, -0.05) is 29.8 Å². The molecular formula is C14H19N3. The topological polar surface area (TPSA) is 40.7 Å². The van der Waals surface area contributed by atoms with Gasteiger partial charge in [-0.25, -0.2) is 4.98 Å². The third-order valence-electron chi connectivity index (χ3n) is 3.16. The number of imidazole rings is 1. The Morgan fingerprint density at radius 3 is 2.41 bits per heavy atom. The summed E-state index contributed by atoms with van der Waals surface area (Å²) in [7, 11) is 1.94. The molecule has 2 aromatic rings. The maximum atomic E-state index is 4.44. The summed E-state index contributed by atoms with van der Waals surface area (Å²) in [6.07, 6.45) is 1.89. The first kappa shape index (κ1) is 11.9. The summed E-state index contributed by atoms with van der Waals surface area (Å²) in [6.45, 7) is 6.29. The molecule has 0 amide bonds. The van der Waals surface area contributed by atoms with Crippen LogP contribution >= 0.6 is 0 Å². The average Bonchev–Trinajstić information content (AvgIpc) is 2.80. The van der Waals surface area contributed by atoms with Gasteiger partial charge in [-0.15, -0.1) is 0 Å². The quantitative estimate of drug-likeness (QED) is 0.849. The van der Waals surface area contributed by atoms with E-state index in [1.165, 1.54) is 11.1 Å². The maximum Gasteiger partial charge on any atom is 0.126 e. The smallest absolute Gasteiger partial charge is 0.126 e. The molecule has 0 aliphatic heterocycles. The molecule has 0 aliphatic carbocycles. The van der Waals surface area contributed by atoms with E-state index in [1.807, 2.05) is 13.2 Å². The number of aromatic amines is 1. The van der Waals surface area contributed by atoms with Gasteiger partial charge in [0.05, 0.1) is 17.4 Å². The van der Waals surface area contributed by atoms with Crippen molar-refractivity contribution in [1.29, 1.82) is 0 Å². The summed E-state index contributed by atoms with van der Waals surface area (Å²) in [5.41, 5.74) is 3.36. The van der Waals surface area contributed by atoms with Crippen LogP contribution in [-0.4, -0.2) is 17.0 Å². The molecule has 0 unspecified atom stereocenters. The first-order chi connectivity index (χ1) is 8.03. The number of nitrogens with one attached hydrogen (secondary N) is 2. The van der Waals surface area contributed by atoms with E-state index in [0.29, 0.717) is 0 Å². The summed E-state index contributed by atoms with van der Waals surface area (Å²) < 4.78 is 0. The van der Waals surface area contributed by atoms with E-state index in [1.54, 1.807) is 0 Å². The van der Waals surface area contributed by atoms with Crippen molar-refractivity contribution in [2.75, 3.05) is 7.05 Å². The Morgan fingerprint density at radius 1 is 1.18 bits per heavy atom. The van der Waals surface area contributed by atoms with Crippen molar-refractivity contribution in [2.24, 2.45) is 0 Å². The van der Waals surface area contributed by atoms with Gasteiger partial charge in [-0.3, -0.25) is 0 Å². The normalized spacial score (nSPS) is 11.8. The zero-order chi connectivity index (χ0) is 12.5. The maximum absolute atomic E-state index is 4.44. The fourth-order valence-electron chi connectivity index (χ4n) is 1.64. The van der Waals surface area contributed by atoms with Gasteiger partial charge >= 0.3 is 0 Å². The van der Waals surface area contributed by atoms with Gasteiger partial charge in [0.1, 0.15) is 5.82 Å². The lowest BCUT2D eigenvalue weighted by Crippen LogP contribution is -2.34. The van der Waals surface area contributed by atoms with E-state index in [2.05, 4.69) is 60.3 Å². The zero-order valence-corrected chi connectivity index (χ0v) is 10.8. The lowest BCUT2D eigenvalue weighted by molar-refractivity contribution is 0.421. The summed E-state index contributed by atoms with van der Waals surface area (Å²) >= 11 is 0. The Labute approximate surface area is 102 Å². The second-order valence-corrected chi connectivity index (χ2v) is 4.89. The summed E-state index contributed by atoms with van der Waals surface area (Å²) in [5.74, 6) is 0.954. The molecule has 0 aliphatic rings. The highest BCUT2D eigenvalue weighted by molar-refractivity contribution is 5.58. The van der Waals surface area contributed by atoms with Crippen molar-refractivity contribution in [3.05, 3.63) is 41.9 Å². The predicted molar refractivity (Wildman–Crippen MR) is 70.8 cm³/mol. The van der Waals surface area contributed by atoms with Gasteiger partial charge in [0.15, 0.2) is 0 Å². The fraction of sp³-hybridized carbons (Fsp3) is 0.357. The Morgan fingerprint density at radius 2 is 1.82 bits per heavy atom. The molecule has 90 valence electrons. The third kappa shape index (κ3) is 2.39. The van der Waals surface area contributed by atoms with Crippen molar-refractivity contribution in [3.8, 4) is 11.3 Å². The molecule has 1 aromatic heterocycles. The third-order valence-corrected chi connectivity index (χ3v) is 3.16. The first-order valence-electron chi connectivity index (χ1n) is 5.84. The molecule has 0 bridgehead atoms. The van der Waals surface area contributed by atoms with E-state index in [9.17, 15) is 0 Å². The number of benzene rings is 1. The number of aromatic nitrogens is 2. The van der Waals surface area contributed by atoms with Crippen LogP contribution in [-0.2, 0) is 5.54 Å². The van der Waals surface area contributed by atoms with Crippen LogP contribution in [0.3, 0.4) is 0 Å². The number of hydrogen-bond donors (Lipinski definition) is 2. The molecule has 3 nitrogen and oxygen atoms in total. The minimum atomic E-state index is -0.136. The van der Waals surface area contributed by atoms with Gasteiger partial charge < -0.3 is 10.3 Å². The van der Waals surface area contributed by atoms with E-state index >= 15 is 0 Å². The van der Waals surface area contributed by atoms with Crippen LogP contribution in [0.25, 0.3) is 11.3 Å². The van der Waals surface area contributed by atoms with Gasteiger partial charge in [0, 0.05) is 0 Å². The lowest BCUT2D eigenvalue weighted by Gasteiger charge is -2.20. The molecule has 2 rings (SSSR count). The van der Waals surface area contributed by atoms with Gasteiger partial charge in [0.2, 0.25) is 0 Å². The van der Waals surface area contributed by atoms with E-state index in [4.69, 9.17) is 0 Å². The summed E-state index contributed by atoms with van der Waals surface area (Å²) in [5, 5.41) is 3.24. The largest absolute Gasteiger partial charge is 0.340 e. The van der Waals surface area contributed by atoms with Crippen molar-refractivity contribution in [1.82, 2.24) is 15.3 Å². The van der Waals surface area contributed by atoms with Crippen LogP contribution in [0.15, 0.2) is 30.5 Å². The highest BCUT2D eigenvalue weighted by Gasteiger charge is 2.21. The highest BCUT2D eigenvalue weighted by atomic mass is 15.0. The second kappa shape index (κ2) is 4.34. The molecule has 1 heterocycles. The van der Waals surface area contributed by atoms with Gasteiger partial charge in [-0.2, -0.15) is 0 Å². The average molecular weight is 229 g/mol. The van der Waals surface area contributed by atoms with Crippen LogP contribution in [0.1, 0.15) is 25.2 Å². The SMILES string of the molecule is CNC(C)(C)c1ncc(-c2ccc(C)cc2)[nH]1. The van der Waals surface area contributed by atoms with Gasteiger partial charge in [0.25, 0.3) is 0 Å². The molecule has 3 heteroatoms. The number of rotatable bonds is 3. The van der Waals surface area contributed by atoms with Gasteiger partial charge in [-0.05, 0) is 33.4 Å². The van der Waals surface area contributed by atoms with Crippen molar-refractivity contribution < 1.29 is 0 Å². The lowest BCUT2D eigenvalue weighted by atomic mass is 10.1. The Hall–Kier alpha value is -1.61. The Kier molecular flexibility index (Phi) is 3.03. The molecule has 0 fully saturated rings. The van der Waals surface area contributed by atoms with E-state index in [-0.39, 0.29) is 5.54 Å². The molecule has 0 saturated carbocycles. The Bertz CT molecular complexity index is 494. The molecule has 2 N–H and O–H groups in total. The van der Waals surface area contributed by atoms with Crippen LogP contribution in [0.4, 0.5) is 0 Å². The van der Waals surface area contributed by atoms with Crippen molar-refractivity contribution >= 4 is 0 Å². The number of aryl methyl sites for hydroxylation is 1. The minimum Gasteiger partial charge on any atom is -0.340 e. The summed E-state index contributed by atoms with van der Waals surface area (Å²) in [4.78, 5) is 7.81. The number of H-pyrrole nitrogens is 1. The molecule has 0 atom stereocenters. The fourth-order valence-corrected chi connectivity index (χ4v) is 1.64. The molecule has 0 saturated heterocycles. The van der Waals surface area contributed by atoms with Crippen LogP contribution in [0.5, 0.6) is 0 Å². The second-order valence-electron chi connectivity index (χ2n) is 4.89. The van der Waals surface area contributed by atoms with Crippen molar-refractivity contribution in [2.45, 2.75) is 26.3 Å². The first-order valence-corrected chi connectivity index (χ1v) is 5.84. The summed E-state index contributed by atoms with van der Waals surface area (Å²) in [6, 6.07) is 8.44. The monoisotopic (exact) mass is 229 g/mol. The molecule has 0 spiro atoms. The predicted octanol–water partition coefficient (Wildman–Crippen LogP) is 2.84. The van der Waals surface area contributed by atoms with E-state index in [0.717, 1.165) is 11.5 Å². The molecule has 17 heavy (non-hydrogen) atoms. The Balaban J connectivity index is 2.33. The van der Waals surface area contributed by atoms with Crippen LogP contribution in [0.2, 0.25) is 0 Å². The van der Waals surface area contributed by atoms with Crippen molar-refractivity contribution in [3.63, 3.8) is 0 Å². The molecule has 0 radical (unpaired) electrons.